The molecule has 16 heavy (non-hydrogen) atoms. The lowest BCUT2D eigenvalue weighted by atomic mass is 10.0. The minimum Gasteiger partial charge on any atom is -0.293 e. The van der Waals surface area contributed by atoms with Crippen LogP contribution in [0.25, 0.3) is 10.8 Å². The third-order valence-corrected chi connectivity index (χ3v) is 3.20. The second-order valence-electron chi connectivity index (χ2n) is 4.20. The summed E-state index contributed by atoms with van der Waals surface area (Å²) < 4.78 is 0. The second kappa shape index (κ2) is 3.01. The van der Waals surface area contributed by atoms with E-state index in [1.54, 1.807) is 6.92 Å². The van der Waals surface area contributed by atoms with Gasteiger partial charge in [-0.05, 0) is 29.8 Å². The van der Waals surface area contributed by atoms with Crippen LogP contribution < -0.4 is 0 Å². The Kier molecular flexibility index (Phi) is 1.75. The van der Waals surface area contributed by atoms with Gasteiger partial charge in [-0.3, -0.25) is 9.59 Å². The second-order valence-corrected chi connectivity index (χ2v) is 4.20. The van der Waals surface area contributed by atoms with E-state index in [1.807, 2.05) is 36.4 Å². The van der Waals surface area contributed by atoms with Crippen LogP contribution in [-0.4, -0.2) is 11.6 Å². The van der Waals surface area contributed by atoms with Crippen LogP contribution in [0.15, 0.2) is 36.4 Å². The van der Waals surface area contributed by atoms with E-state index in [-0.39, 0.29) is 11.6 Å². The normalized spacial score (nSPS) is 15.8. The van der Waals surface area contributed by atoms with Gasteiger partial charge in [-0.25, -0.2) is 0 Å². The van der Waals surface area contributed by atoms with Crippen molar-refractivity contribution in [2.75, 3.05) is 0 Å². The number of carbonyl (C=O) groups is 2. The molecule has 2 aromatic carbocycles. The summed E-state index contributed by atoms with van der Waals surface area (Å²) in [5, 5.41) is 2.02. The predicted molar refractivity (Wildman–Crippen MR) is 61.8 cm³/mol. The Hall–Kier alpha value is -1.96. The van der Waals surface area contributed by atoms with Crippen LogP contribution in [-0.2, 0) is 0 Å². The zero-order valence-electron chi connectivity index (χ0n) is 8.86. The molecule has 1 aliphatic carbocycles. The summed E-state index contributed by atoms with van der Waals surface area (Å²) in [5.74, 6) is -0.608. The average Bonchev–Trinajstić information content (AvgIpc) is 2.52. The summed E-state index contributed by atoms with van der Waals surface area (Å²) in [6, 6.07) is 11.4. The van der Waals surface area contributed by atoms with Crippen molar-refractivity contribution in [1.82, 2.24) is 0 Å². The number of ketones is 2. The van der Waals surface area contributed by atoms with E-state index in [9.17, 15) is 9.59 Å². The molecule has 2 aromatic rings. The maximum absolute atomic E-state index is 11.8. The molecule has 0 aromatic heterocycles. The lowest BCUT2D eigenvalue weighted by molar-refractivity contribution is 0.0852. The number of Topliss-reactive ketones (excluding diaryl/α,β-unsaturated/α-hetero) is 2. The lowest BCUT2D eigenvalue weighted by Gasteiger charge is -2.00. The first-order valence-corrected chi connectivity index (χ1v) is 5.29. The van der Waals surface area contributed by atoms with Gasteiger partial charge in [0.1, 0.15) is 0 Å². The third kappa shape index (κ3) is 1.07. The highest BCUT2D eigenvalue weighted by atomic mass is 16.2. The largest absolute Gasteiger partial charge is 0.293 e. The lowest BCUT2D eigenvalue weighted by Crippen LogP contribution is -2.09. The van der Waals surface area contributed by atoms with Gasteiger partial charge in [0.2, 0.25) is 0 Å². The first-order chi connectivity index (χ1) is 7.68. The van der Waals surface area contributed by atoms with E-state index in [4.69, 9.17) is 0 Å². The van der Waals surface area contributed by atoms with Crippen LogP contribution in [0.3, 0.4) is 0 Å². The zero-order chi connectivity index (χ0) is 11.3. The topological polar surface area (TPSA) is 34.1 Å². The molecule has 78 valence electrons. The van der Waals surface area contributed by atoms with Gasteiger partial charge in [0.25, 0.3) is 0 Å². The molecule has 0 N–H and O–H groups in total. The standard InChI is InChI=1S/C14H10O2/c1-8-13(15)11-6-9-4-2-3-5-10(9)7-12(11)14(8)16/h2-8H,1H3. The zero-order valence-corrected chi connectivity index (χ0v) is 8.86. The molecule has 0 aliphatic heterocycles. The van der Waals surface area contributed by atoms with Crippen LogP contribution in [0.4, 0.5) is 0 Å². The number of carbonyl (C=O) groups excluding carboxylic acids is 2. The molecule has 2 heteroatoms. The van der Waals surface area contributed by atoms with Crippen LogP contribution in [0.1, 0.15) is 27.6 Å². The Balaban J connectivity index is 2.38. The van der Waals surface area contributed by atoms with E-state index in [0.717, 1.165) is 10.8 Å². The van der Waals surface area contributed by atoms with Crippen molar-refractivity contribution < 1.29 is 9.59 Å². The Labute approximate surface area is 92.9 Å². The molecule has 0 unspecified atom stereocenters. The van der Waals surface area contributed by atoms with E-state index >= 15 is 0 Å². The molecule has 0 amide bonds. The fourth-order valence-corrected chi connectivity index (χ4v) is 2.23. The maximum Gasteiger partial charge on any atom is 0.174 e. The van der Waals surface area contributed by atoms with Crippen LogP contribution >= 0.6 is 0 Å². The van der Waals surface area contributed by atoms with Crippen molar-refractivity contribution in [1.29, 1.82) is 0 Å². The molecule has 3 rings (SSSR count). The first kappa shape index (κ1) is 9.28. The Morgan fingerprint density at radius 3 is 1.75 bits per heavy atom. The van der Waals surface area contributed by atoms with Crippen LogP contribution in [0.2, 0.25) is 0 Å². The van der Waals surface area contributed by atoms with E-state index in [1.165, 1.54) is 0 Å². The first-order valence-electron chi connectivity index (χ1n) is 5.29. The van der Waals surface area contributed by atoms with E-state index in [0.29, 0.717) is 11.1 Å². The summed E-state index contributed by atoms with van der Waals surface area (Å²) >= 11 is 0. The molecule has 0 fully saturated rings. The SMILES string of the molecule is CC1C(=O)c2cc3ccccc3cc2C1=O. The van der Waals surface area contributed by atoms with Crippen LogP contribution in [0, 0.1) is 5.92 Å². The highest BCUT2D eigenvalue weighted by Gasteiger charge is 2.35. The molecule has 0 heterocycles. The smallest absolute Gasteiger partial charge is 0.174 e. The summed E-state index contributed by atoms with van der Waals surface area (Å²) in [6.07, 6.45) is 0. The van der Waals surface area contributed by atoms with Gasteiger partial charge in [0, 0.05) is 11.1 Å². The van der Waals surface area contributed by atoms with Crippen LogP contribution in [0.5, 0.6) is 0 Å². The average molecular weight is 210 g/mol. The van der Waals surface area contributed by atoms with Crippen molar-refractivity contribution in [2.24, 2.45) is 5.92 Å². The fraction of sp³-hybridized carbons (Fsp3) is 0.143. The van der Waals surface area contributed by atoms with Gasteiger partial charge in [0.05, 0.1) is 5.92 Å². The minimum atomic E-state index is -0.508. The van der Waals surface area contributed by atoms with Gasteiger partial charge < -0.3 is 0 Å². The molecule has 0 radical (unpaired) electrons. The molecule has 0 saturated heterocycles. The molecular formula is C14H10O2. The summed E-state index contributed by atoms with van der Waals surface area (Å²) in [5.41, 5.74) is 1.16. The summed E-state index contributed by atoms with van der Waals surface area (Å²) in [7, 11) is 0. The molecule has 0 spiro atoms. The molecule has 1 aliphatic rings. The number of hydrogen-bond acceptors (Lipinski definition) is 2. The number of benzene rings is 2. The monoisotopic (exact) mass is 210 g/mol. The van der Waals surface area contributed by atoms with Crippen molar-refractivity contribution in [3.63, 3.8) is 0 Å². The molecule has 0 bridgehead atoms. The molecule has 0 atom stereocenters. The number of rotatable bonds is 0. The third-order valence-electron chi connectivity index (χ3n) is 3.20. The Bertz CT molecular complexity index is 571. The highest BCUT2D eigenvalue weighted by Crippen LogP contribution is 2.30. The van der Waals surface area contributed by atoms with Gasteiger partial charge >= 0.3 is 0 Å². The van der Waals surface area contributed by atoms with Crippen molar-refractivity contribution in [3.8, 4) is 0 Å². The van der Waals surface area contributed by atoms with Crippen molar-refractivity contribution >= 4 is 22.3 Å². The minimum absolute atomic E-state index is 0.0502. The van der Waals surface area contributed by atoms with Gasteiger partial charge in [-0.15, -0.1) is 0 Å². The van der Waals surface area contributed by atoms with Crippen molar-refractivity contribution in [3.05, 3.63) is 47.5 Å². The van der Waals surface area contributed by atoms with Crippen molar-refractivity contribution in [2.45, 2.75) is 6.92 Å². The molecular weight excluding hydrogens is 200 g/mol. The van der Waals surface area contributed by atoms with Gasteiger partial charge in [0.15, 0.2) is 11.6 Å². The van der Waals surface area contributed by atoms with E-state index in [2.05, 4.69) is 0 Å². The molecule has 2 nitrogen and oxygen atoms in total. The van der Waals surface area contributed by atoms with Gasteiger partial charge in [-0.1, -0.05) is 24.3 Å². The quantitative estimate of drug-likeness (QED) is 0.626. The number of hydrogen-bond donors (Lipinski definition) is 0. The van der Waals surface area contributed by atoms with Gasteiger partial charge in [-0.2, -0.15) is 0 Å². The Morgan fingerprint density at radius 1 is 0.875 bits per heavy atom. The Morgan fingerprint density at radius 2 is 1.31 bits per heavy atom. The highest BCUT2D eigenvalue weighted by molar-refractivity contribution is 6.27. The maximum atomic E-state index is 11.8. The summed E-state index contributed by atoms with van der Waals surface area (Å²) in [4.78, 5) is 23.7. The number of fused-ring (bicyclic) bond motifs is 2. The molecule has 0 saturated carbocycles. The summed E-state index contributed by atoms with van der Waals surface area (Å²) in [6.45, 7) is 1.68. The predicted octanol–water partition coefficient (Wildman–Crippen LogP) is 2.85. The fourth-order valence-electron chi connectivity index (χ4n) is 2.23. The van der Waals surface area contributed by atoms with E-state index < -0.39 is 5.92 Å².